The van der Waals surface area contributed by atoms with E-state index >= 15 is 0 Å². The van der Waals surface area contributed by atoms with Gasteiger partial charge in [-0.2, -0.15) is 4.98 Å². The molecule has 1 amide bonds. The average molecular weight is 313 g/mol. The van der Waals surface area contributed by atoms with E-state index in [9.17, 15) is 9.59 Å². The van der Waals surface area contributed by atoms with Gasteiger partial charge < -0.3 is 30.6 Å². The number of nitrogens with one attached hydrogen (secondary N) is 3. The number of carbonyl (C=O) groups is 1. The van der Waals surface area contributed by atoms with Gasteiger partial charge in [-0.1, -0.05) is 0 Å². The van der Waals surface area contributed by atoms with Gasteiger partial charge in [0.25, 0.3) is 5.56 Å². The molecule has 1 fully saturated rings. The van der Waals surface area contributed by atoms with E-state index in [2.05, 4.69) is 20.6 Å². The first-order valence-electron chi connectivity index (χ1n) is 6.62. The van der Waals surface area contributed by atoms with Crippen molar-refractivity contribution in [1.29, 1.82) is 0 Å². The van der Waals surface area contributed by atoms with Crippen LogP contribution in [0.1, 0.15) is 6.42 Å². The first kappa shape index (κ1) is 16.2. The minimum atomic E-state index is -0.558. The highest BCUT2D eigenvalue weighted by atomic mass is 16.6. The fourth-order valence-electron chi connectivity index (χ4n) is 2.31. The second-order valence-electron chi connectivity index (χ2n) is 4.71. The molecule has 0 saturated carbocycles. The van der Waals surface area contributed by atoms with E-state index in [4.69, 9.17) is 19.9 Å². The number of nitrogens with two attached hydrogens (primary N) is 1. The Labute approximate surface area is 126 Å². The van der Waals surface area contributed by atoms with E-state index in [1.165, 1.54) is 0 Å². The third kappa shape index (κ3) is 3.53. The number of methoxy groups -OCH3 is 2. The number of anilines is 3. The van der Waals surface area contributed by atoms with Crippen LogP contribution in [0.3, 0.4) is 0 Å². The van der Waals surface area contributed by atoms with E-state index in [-0.39, 0.29) is 29.7 Å². The molecule has 0 bridgehead atoms. The summed E-state index contributed by atoms with van der Waals surface area (Å²) >= 11 is 0. The highest BCUT2D eigenvalue weighted by Crippen LogP contribution is 2.25. The van der Waals surface area contributed by atoms with E-state index in [0.717, 1.165) is 0 Å². The molecule has 0 spiro atoms. The fourth-order valence-corrected chi connectivity index (χ4v) is 2.31. The van der Waals surface area contributed by atoms with E-state index in [1.807, 2.05) is 0 Å². The summed E-state index contributed by atoms with van der Waals surface area (Å²) in [5, 5.41) is 5.23. The molecule has 0 radical (unpaired) electrons. The molecule has 0 aliphatic carbocycles. The van der Waals surface area contributed by atoms with Crippen LogP contribution in [0.25, 0.3) is 0 Å². The molecule has 2 rings (SSSR count). The van der Waals surface area contributed by atoms with Gasteiger partial charge in [0.05, 0.1) is 12.7 Å². The zero-order valence-corrected chi connectivity index (χ0v) is 12.3. The first-order chi connectivity index (χ1) is 10.6. The van der Waals surface area contributed by atoms with Crippen LogP contribution in [0.2, 0.25) is 0 Å². The quantitative estimate of drug-likeness (QED) is 0.475. The summed E-state index contributed by atoms with van der Waals surface area (Å²) in [7, 11) is 3.16. The van der Waals surface area contributed by atoms with Gasteiger partial charge >= 0.3 is 0 Å². The molecule has 22 heavy (non-hydrogen) atoms. The van der Waals surface area contributed by atoms with Gasteiger partial charge in [0, 0.05) is 20.6 Å². The number of hydrogen-bond donors (Lipinski definition) is 4. The maximum Gasteiger partial charge on any atom is 0.278 e. The lowest BCUT2D eigenvalue weighted by molar-refractivity contribution is -0.105. The molecule has 10 nitrogen and oxygen atoms in total. The molecule has 1 aromatic rings. The number of aromatic nitrogens is 2. The third-order valence-electron chi connectivity index (χ3n) is 3.27. The smallest absolute Gasteiger partial charge is 0.278 e. The summed E-state index contributed by atoms with van der Waals surface area (Å²) in [6.45, 7) is 0.376. The topological polar surface area (TPSA) is 141 Å². The molecular weight excluding hydrogens is 294 g/mol. The van der Waals surface area contributed by atoms with Crippen molar-refractivity contribution in [3.63, 3.8) is 0 Å². The maximum absolute atomic E-state index is 11.8. The molecule has 2 heterocycles. The summed E-state index contributed by atoms with van der Waals surface area (Å²) in [5.74, 6) is 0.0601. The molecule has 1 aliphatic heterocycles. The third-order valence-corrected chi connectivity index (χ3v) is 3.27. The lowest BCUT2D eigenvalue weighted by Crippen LogP contribution is -2.28. The Balaban J connectivity index is 2.17. The second kappa shape index (κ2) is 7.20. The van der Waals surface area contributed by atoms with Crippen LogP contribution in [-0.4, -0.2) is 55.6 Å². The van der Waals surface area contributed by atoms with Crippen LogP contribution in [0.4, 0.5) is 17.5 Å². The van der Waals surface area contributed by atoms with Crippen molar-refractivity contribution < 1.29 is 19.0 Å². The number of rotatable bonds is 7. The number of ether oxygens (including phenoxy) is 3. The lowest BCUT2D eigenvalue weighted by atomic mass is 10.2. The van der Waals surface area contributed by atoms with Gasteiger partial charge in [0.2, 0.25) is 12.4 Å². The monoisotopic (exact) mass is 313 g/mol. The molecule has 5 N–H and O–H groups in total. The van der Waals surface area contributed by atoms with Gasteiger partial charge in [-0.25, -0.2) is 0 Å². The fraction of sp³-hybridized carbons (Fsp3) is 0.583. The SMILES string of the molecule is COC[C@H]1O[C@@H](Nc2nc(N)[nH]c(=O)c2NC=O)C[C@H]1OC. The zero-order valence-electron chi connectivity index (χ0n) is 12.3. The standard InChI is InChI=1S/C12H19N5O5/c1-20-4-7-6(21-2)3-8(22-7)15-10-9(14-5-18)11(19)17-12(13)16-10/h5-8H,3-4H2,1-2H3,(H,14,18)(H4,13,15,16,17,19)/t6-,7-,8-/m1/s1. The minimum absolute atomic E-state index is 0.0306. The number of nitrogen functional groups attached to an aromatic ring is 1. The van der Waals surface area contributed by atoms with Crippen molar-refractivity contribution >= 4 is 23.9 Å². The summed E-state index contributed by atoms with van der Waals surface area (Å²) in [6, 6.07) is 0. The van der Waals surface area contributed by atoms with Crippen LogP contribution in [0.5, 0.6) is 0 Å². The van der Waals surface area contributed by atoms with Crippen molar-refractivity contribution in [2.24, 2.45) is 0 Å². The molecule has 122 valence electrons. The van der Waals surface area contributed by atoms with E-state index in [1.54, 1.807) is 14.2 Å². The Kier molecular flexibility index (Phi) is 5.31. The maximum atomic E-state index is 11.8. The van der Waals surface area contributed by atoms with Crippen molar-refractivity contribution in [2.45, 2.75) is 24.9 Å². The summed E-state index contributed by atoms with van der Waals surface area (Å²) in [4.78, 5) is 28.7. The van der Waals surface area contributed by atoms with Crippen LogP contribution in [-0.2, 0) is 19.0 Å². The molecule has 3 atom stereocenters. The zero-order chi connectivity index (χ0) is 16.1. The van der Waals surface area contributed by atoms with Crippen LogP contribution >= 0.6 is 0 Å². The molecule has 1 aromatic heterocycles. The average Bonchev–Trinajstić information content (AvgIpc) is 2.85. The van der Waals surface area contributed by atoms with Crippen LogP contribution in [0, 0.1) is 0 Å². The normalized spacial score (nSPS) is 24.2. The molecular formula is C12H19N5O5. The number of aromatic amines is 1. The van der Waals surface area contributed by atoms with Gasteiger partial charge in [0.1, 0.15) is 18.0 Å². The molecule has 1 aliphatic rings. The summed E-state index contributed by atoms with van der Waals surface area (Å²) in [6.07, 6.45) is 0.0634. The Morgan fingerprint density at radius 1 is 1.55 bits per heavy atom. The highest BCUT2D eigenvalue weighted by molar-refractivity contribution is 5.78. The lowest BCUT2D eigenvalue weighted by Gasteiger charge is -2.17. The van der Waals surface area contributed by atoms with Gasteiger partial charge in [-0.15, -0.1) is 0 Å². The molecule has 1 saturated heterocycles. The molecule has 10 heteroatoms. The number of H-pyrrole nitrogens is 1. The van der Waals surface area contributed by atoms with Crippen LogP contribution < -0.4 is 21.9 Å². The predicted molar refractivity (Wildman–Crippen MR) is 78.5 cm³/mol. The Morgan fingerprint density at radius 2 is 2.32 bits per heavy atom. The highest BCUT2D eigenvalue weighted by Gasteiger charge is 2.36. The molecule has 0 aromatic carbocycles. The Hall–Kier alpha value is -2.17. The van der Waals surface area contributed by atoms with Crippen molar-refractivity contribution in [3.05, 3.63) is 10.4 Å². The summed E-state index contributed by atoms with van der Waals surface area (Å²) < 4.78 is 16.2. The van der Waals surface area contributed by atoms with Crippen molar-refractivity contribution in [2.75, 3.05) is 37.2 Å². The minimum Gasteiger partial charge on any atom is -0.382 e. The van der Waals surface area contributed by atoms with Crippen LogP contribution in [0.15, 0.2) is 4.79 Å². The Morgan fingerprint density at radius 3 is 2.95 bits per heavy atom. The van der Waals surface area contributed by atoms with E-state index < -0.39 is 11.8 Å². The van der Waals surface area contributed by atoms with E-state index in [0.29, 0.717) is 19.4 Å². The summed E-state index contributed by atoms with van der Waals surface area (Å²) in [5.41, 5.74) is 4.93. The van der Waals surface area contributed by atoms with Gasteiger partial charge in [0.15, 0.2) is 5.82 Å². The number of nitrogens with zero attached hydrogens (tertiary/aromatic N) is 1. The van der Waals surface area contributed by atoms with Crippen molar-refractivity contribution in [3.8, 4) is 0 Å². The Bertz CT molecular complexity index is 578. The number of carbonyl (C=O) groups excluding carboxylic acids is 1. The number of amides is 1. The van der Waals surface area contributed by atoms with Gasteiger partial charge in [-0.3, -0.25) is 14.6 Å². The number of hydrogen-bond acceptors (Lipinski definition) is 8. The largest absolute Gasteiger partial charge is 0.382 e. The second-order valence-corrected chi connectivity index (χ2v) is 4.71. The first-order valence-corrected chi connectivity index (χ1v) is 6.62. The molecule has 0 unspecified atom stereocenters. The predicted octanol–water partition coefficient (Wildman–Crippen LogP) is -0.891. The van der Waals surface area contributed by atoms with Gasteiger partial charge in [-0.05, 0) is 0 Å². The van der Waals surface area contributed by atoms with Crippen molar-refractivity contribution in [1.82, 2.24) is 9.97 Å².